The second kappa shape index (κ2) is 5.87. The summed E-state index contributed by atoms with van der Waals surface area (Å²) in [7, 11) is 0. The van der Waals surface area contributed by atoms with Crippen LogP contribution in [0.15, 0.2) is 0 Å². The first kappa shape index (κ1) is 12.9. The van der Waals surface area contributed by atoms with Crippen LogP contribution in [0.3, 0.4) is 0 Å². The van der Waals surface area contributed by atoms with Gasteiger partial charge >= 0.3 is 0 Å². The summed E-state index contributed by atoms with van der Waals surface area (Å²) < 4.78 is 0. The maximum absolute atomic E-state index is 9.54. The highest BCUT2D eigenvalue weighted by molar-refractivity contribution is 4.89. The van der Waals surface area contributed by atoms with E-state index in [-0.39, 0.29) is 6.10 Å². The molecule has 0 aromatic rings. The van der Waals surface area contributed by atoms with Gasteiger partial charge in [-0.2, -0.15) is 0 Å². The minimum atomic E-state index is -0.115. The highest BCUT2D eigenvalue weighted by Gasteiger charge is 2.31. The molecule has 3 unspecified atom stereocenters. The maximum Gasteiger partial charge on any atom is 0.0680 e. The Balaban J connectivity index is 1.43. The Bertz CT molecular complexity index is 268. The lowest BCUT2D eigenvalue weighted by Crippen LogP contribution is -2.42. The third kappa shape index (κ3) is 3.05. The minimum absolute atomic E-state index is 0.115. The van der Waals surface area contributed by atoms with E-state index in [1.807, 2.05) is 0 Å². The molecule has 0 saturated carbocycles. The molecule has 3 rings (SSSR count). The molecule has 3 saturated heterocycles. The molecule has 3 fully saturated rings. The molecule has 0 aromatic heterocycles. The second-order valence-electron chi connectivity index (χ2n) is 6.29. The number of β-amino-alcohol motifs (C(OH)–C–C–N with tert-alkyl or cyclic N) is 1. The van der Waals surface area contributed by atoms with E-state index in [0.29, 0.717) is 6.04 Å². The van der Waals surface area contributed by atoms with E-state index in [1.54, 1.807) is 0 Å². The minimum Gasteiger partial charge on any atom is -0.392 e. The fraction of sp³-hybridized carbons (Fsp3) is 1.00. The van der Waals surface area contributed by atoms with Crippen molar-refractivity contribution in [2.45, 2.75) is 50.3 Å². The third-order valence-corrected chi connectivity index (χ3v) is 4.83. The van der Waals surface area contributed by atoms with Crippen LogP contribution in [0.25, 0.3) is 0 Å². The van der Waals surface area contributed by atoms with Crippen LogP contribution in [0.1, 0.15) is 32.1 Å². The van der Waals surface area contributed by atoms with E-state index in [2.05, 4.69) is 15.1 Å². The van der Waals surface area contributed by atoms with E-state index in [1.165, 1.54) is 51.9 Å². The highest BCUT2D eigenvalue weighted by atomic mass is 16.3. The molecule has 0 aromatic carbocycles. The molecule has 2 N–H and O–H groups in total. The van der Waals surface area contributed by atoms with Crippen molar-refractivity contribution in [1.82, 2.24) is 15.1 Å². The number of aliphatic hydroxyl groups is 1. The Labute approximate surface area is 110 Å². The first-order valence-corrected chi connectivity index (χ1v) is 7.69. The number of rotatable bonds is 3. The zero-order chi connectivity index (χ0) is 12.4. The predicted octanol–water partition coefficient (Wildman–Crippen LogP) is 0.269. The number of aliphatic hydroxyl groups excluding tert-OH is 1. The average Bonchev–Trinajstić information content (AvgIpc) is 3.01. The van der Waals surface area contributed by atoms with E-state index in [9.17, 15) is 5.11 Å². The van der Waals surface area contributed by atoms with Gasteiger partial charge in [0, 0.05) is 31.7 Å². The Morgan fingerprint density at radius 1 is 1.11 bits per heavy atom. The van der Waals surface area contributed by atoms with Gasteiger partial charge in [-0.05, 0) is 45.3 Å². The van der Waals surface area contributed by atoms with Crippen LogP contribution in [0.2, 0.25) is 0 Å². The van der Waals surface area contributed by atoms with Gasteiger partial charge in [0.25, 0.3) is 0 Å². The lowest BCUT2D eigenvalue weighted by atomic mass is 10.1. The van der Waals surface area contributed by atoms with Gasteiger partial charge in [0.05, 0.1) is 6.10 Å². The smallest absolute Gasteiger partial charge is 0.0680 e. The number of nitrogens with one attached hydrogen (secondary N) is 1. The fourth-order valence-corrected chi connectivity index (χ4v) is 3.81. The lowest BCUT2D eigenvalue weighted by molar-refractivity contribution is 0.159. The zero-order valence-corrected chi connectivity index (χ0v) is 11.4. The summed E-state index contributed by atoms with van der Waals surface area (Å²) >= 11 is 0. The van der Waals surface area contributed by atoms with Gasteiger partial charge in [0.2, 0.25) is 0 Å². The quantitative estimate of drug-likeness (QED) is 0.757. The molecular weight excluding hydrogens is 226 g/mol. The van der Waals surface area contributed by atoms with E-state index in [0.717, 1.165) is 25.6 Å². The van der Waals surface area contributed by atoms with Crippen molar-refractivity contribution in [3.63, 3.8) is 0 Å². The van der Waals surface area contributed by atoms with Crippen LogP contribution < -0.4 is 5.32 Å². The molecule has 4 nitrogen and oxygen atoms in total. The van der Waals surface area contributed by atoms with Crippen LogP contribution >= 0.6 is 0 Å². The Morgan fingerprint density at radius 3 is 2.67 bits per heavy atom. The van der Waals surface area contributed by atoms with Gasteiger partial charge < -0.3 is 15.3 Å². The zero-order valence-electron chi connectivity index (χ0n) is 11.4. The van der Waals surface area contributed by atoms with Crippen molar-refractivity contribution in [3.8, 4) is 0 Å². The molecule has 0 aliphatic carbocycles. The van der Waals surface area contributed by atoms with Crippen molar-refractivity contribution < 1.29 is 5.11 Å². The summed E-state index contributed by atoms with van der Waals surface area (Å²) in [4.78, 5) is 5.30. The number of piperidine rings is 1. The first-order chi connectivity index (χ1) is 8.81. The number of nitrogens with zero attached hydrogens (tertiary/aromatic N) is 2. The van der Waals surface area contributed by atoms with Gasteiger partial charge in [-0.15, -0.1) is 0 Å². The summed E-state index contributed by atoms with van der Waals surface area (Å²) in [6, 6.07) is 1.32. The molecular formula is C14H27N3O. The summed E-state index contributed by atoms with van der Waals surface area (Å²) in [5, 5.41) is 13.0. The largest absolute Gasteiger partial charge is 0.392 e. The first-order valence-electron chi connectivity index (χ1n) is 7.69. The highest BCUT2D eigenvalue weighted by Crippen LogP contribution is 2.21. The van der Waals surface area contributed by atoms with Crippen molar-refractivity contribution in [2.75, 3.05) is 39.3 Å². The Morgan fingerprint density at radius 2 is 1.94 bits per heavy atom. The van der Waals surface area contributed by atoms with Crippen molar-refractivity contribution >= 4 is 0 Å². The molecule has 0 spiro atoms. The van der Waals surface area contributed by atoms with Crippen molar-refractivity contribution in [3.05, 3.63) is 0 Å². The van der Waals surface area contributed by atoms with Gasteiger partial charge in [0.15, 0.2) is 0 Å². The molecule has 104 valence electrons. The second-order valence-corrected chi connectivity index (χ2v) is 6.29. The van der Waals surface area contributed by atoms with E-state index < -0.39 is 0 Å². The normalized spacial score (nSPS) is 39.5. The molecule has 0 bridgehead atoms. The summed E-state index contributed by atoms with van der Waals surface area (Å²) in [6.07, 6.45) is 6.38. The van der Waals surface area contributed by atoms with Crippen LogP contribution in [-0.2, 0) is 0 Å². The van der Waals surface area contributed by atoms with Crippen LogP contribution in [0.4, 0.5) is 0 Å². The summed E-state index contributed by atoms with van der Waals surface area (Å²) in [5.74, 6) is 0. The van der Waals surface area contributed by atoms with Crippen LogP contribution in [-0.4, -0.2) is 72.4 Å². The average molecular weight is 253 g/mol. The molecule has 0 amide bonds. The van der Waals surface area contributed by atoms with Crippen molar-refractivity contribution in [2.24, 2.45) is 0 Å². The molecule has 3 aliphatic heterocycles. The van der Waals surface area contributed by atoms with Crippen LogP contribution in [0.5, 0.6) is 0 Å². The van der Waals surface area contributed by atoms with Crippen LogP contribution in [0, 0.1) is 0 Å². The molecule has 0 radical (unpaired) electrons. The number of hydrogen-bond donors (Lipinski definition) is 2. The molecule has 18 heavy (non-hydrogen) atoms. The van der Waals surface area contributed by atoms with E-state index in [4.69, 9.17) is 0 Å². The van der Waals surface area contributed by atoms with Gasteiger partial charge in [-0.25, -0.2) is 0 Å². The summed E-state index contributed by atoms with van der Waals surface area (Å²) in [5.41, 5.74) is 0. The lowest BCUT2D eigenvalue weighted by Gasteiger charge is -2.32. The predicted molar refractivity (Wildman–Crippen MR) is 72.7 cm³/mol. The standard InChI is InChI=1S/C14H27N3O/c18-14-8-12(15-9-14)10-16-7-4-13(11-16)17-5-2-1-3-6-17/h12-15,18H,1-11H2. The monoisotopic (exact) mass is 253 g/mol. The van der Waals surface area contributed by atoms with E-state index >= 15 is 0 Å². The molecule has 3 atom stereocenters. The number of likely N-dealkylation sites (tertiary alicyclic amines) is 2. The van der Waals surface area contributed by atoms with Gasteiger partial charge in [-0.3, -0.25) is 4.90 Å². The topological polar surface area (TPSA) is 38.7 Å². The van der Waals surface area contributed by atoms with Crippen molar-refractivity contribution in [1.29, 1.82) is 0 Å². The SMILES string of the molecule is OC1CNC(CN2CCC(N3CCCCC3)C2)C1. The fourth-order valence-electron chi connectivity index (χ4n) is 3.81. The molecule has 4 heteroatoms. The summed E-state index contributed by atoms with van der Waals surface area (Å²) in [6.45, 7) is 7.04. The molecule has 3 aliphatic rings. The molecule has 3 heterocycles. The number of hydrogen-bond acceptors (Lipinski definition) is 4. The Hall–Kier alpha value is -0.160. The van der Waals surface area contributed by atoms with Gasteiger partial charge in [0.1, 0.15) is 0 Å². The third-order valence-electron chi connectivity index (χ3n) is 4.83. The maximum atomic E-state index is 9.54. The van der Waals surface area contributed by atoms with Gasteiger partial charge in [-0.1, -0.05) is 6.42 Å². The Kier molecular flexibility index (Phi) is 4.19.